The maximum atomic E-state index is 12.1. The van der Waals surface area contributed by atoms with Gasteiger partial charge in [-0.1, -0.05) is 27.7 Å². The molecule has 0 bridgehead atoms. The van der Waals surface area contributed by atoms with Gasteiger partial charge in [0, 0.05) is 12.6 Å². The lowest BCUT2D eigenvalue weighted by Gasteiger charge is -2.25. The highest BCUT2D eigenvalue weighted by Crippen LogP contribution is 2.09. The Morgan fingerprint density at radius 2 is 1.74 bits per heavy atom. The highest BCUT2D eigenvalue weighted by molar-refractivity contribution is 5.86. The van der Waals surface area contributed by atoms with Crippen LogP contribution in [0.15, 0.2) is 0 Å². The van der Waals surface area contributed by atoms with Crippen LogP contribution in [0.2, 0.25) is 0 Å². The lowest BCUT2D eigenvalue weighted by atomic mass is 9.99. The summed E-state index contributed by atoms with van der Waals surface area (Å²) in [5.41, 5.74) is 5.09. The number of aliphatic hydroxyl groups is 1. The lowest BCUT2D eigenvalue weighted by molar-refractivity contribution is -0.124. The second-order valence-corrected chi connectivity index (χ2v) is 5.56. The van der Waals surface area contributed by atoms with Crippen molar-refractivity contribution in [3.05, 3.63) is 0 Å². The predicted octanol–water partition coefficient (Wildman–Crippen LogP) is 0.593. The molecule has 0 aromatic carbocycles. The first-order valence-corrected chi connectivity index (χ1v) is 6.75. The van der Waals surface area contributed by atoms with Crippen molar-refractivity contribution in [3.63, 3.8) is 0 Å². The van der Waals surface area contributed by atoms with Crippen LogP contribution in [0.1, 0.15) is 40.5 Å². The van der Waals surface area contributed by atoms with E-state index in [0.717, 1.165) is 0 Å². The van der Waals surface area contributed by atoms with Crippen molar-refractivity contribution in [2.75, 3.05) is 6.61 Å². The van der Waals surface area contributed by atoms with Crippen molar-refractivity contribution >= 4 is 11.9 Å². The number of carbonyl (C=O) groups excluding carboxylic acids is 2. The number of carbonyl (C=O) groups is 2. The molecule has 0 aliphatic carbocycles. The molecule has 2 atom stereocenters. The fourth-order valence-electron chi connectivity index (χ4n) is 1.87. The normalized spacial score (nSPS) is 14.3. The third-order valence-corrected chi connectivity index (χ3v) is 2.91. The zero-order valence-electron chi connectivity index (χ0n) is 12.3. The Morgan fingerprint density at radius 3 is 2.11 bits per heavy atom. The maximum Gasteiger partial charge on any atom is 0.312 e. The fraction of sp³-hybridized carbons (Fsp3) is 0.846. The first-order chi connectivity index (χ1) is 8.77. The molecule has 0 aliphatic rings. The largest absolute Gasteiger partial charge is 0.396 e. The van der Waals surface area contributed by atoms with Gasteiger partial charge in [-0.25, -0.2) is 4.79 Å². The summed E-state index contributed by atoms with van der Waals surface area (Å²) >= 11 is 0. The van der Waals surface area contributed by atoms with Crippen molar-refractivity contribution in [2.45, 2.75) is 52.6 Å². The van der Waals surface area contributed by atoms with E-state index in [1.54, 1.807) is 0 Å². The van der Waals surface area contributed by atoms with Crippen LogP contribution in [0, 0.1) is 11.8 Å². The summed E-state index contributed by atoms with van der Waals surface area (Å²) in [5, 5.41) is 14.3. The molecule has 3 amide bonds. The molecule has 0 saturated carbocycles. The van der Waals surface area contributed by atoms with Gasteiger partial charge in [0.05, 0.1) is 0 Å². The summed E-state index contributed by atoms with van der Waals surface area (Å²) in [6, 6.07) is -1.44. The summed E-state index contributed by atoms with van der Waals surface area (Å²) < 4.78 is 0. The molecule has 0 fully saturated rings. The van der Waals surface area contributed by atoms with Crippen molar-refractivity contribution in [1.29, 1.82) is 0 Å². The standard InChI is InChI=1S/C13H27N3O3/c1-8(2)7-11(16-13(14)19)12(18)15-10(5-6-17)9(3)4/h8-11,17H,5-7H2,1-4H3,(H,15,18)(H3,14,16,19). The minimum atomic E-state index is -0.705. The van der Waals surface area contributed by atoms with Gasteiger partial charge in [0.25, 0.3) is 0 Å². The van der Waals surface area contributed by atoms with Gasteiger partial charge in [-0.15, -0.1) is 0 Å². The third kappa shape index (κ3) is 7.66. The number of primary amides is 1. The Bertz CT molecular complexity index is 293. The monoisotopic (exact) mass is 273 g/mol. The number of nitrogens with one attached hydrogen (secondary N) is 2. The van der Waals surface area contributed by atoms with E-state index >= 15 is 0 Å². The highest BCUT2D eigenvalue weighted by atomic mass is 16.3. The van der Waals surface area contributed by atoms with Gasteiger partial charge in [0.15, 0.2) is 0 Å². The van der Waals surface area contributed by atoms with Crippen molar-refractivity contribution in [3.8, 4) is 0 Å². The summed E-state index contributed by atoms with van der Waals surface area (Å²) in [4.78, 5) is 23.1. The Balaban J connectivity index is 4.63. The third-order valence-electron chi connectivity index (χ3n) is 2.91. The molecular weight excluding hydrogens is 246 g/mol. The average Bonchev–Trinajstić information content (AvgIpc) is 2.25. The molecular formula is C13H27N3O3. The number of urea groups is 1. The maximum absolute atomic E-state index is 12.1. The first kappa shape index (κ1) is 17.7. The number of rotatable bonds is 8. The van der Waals surface area contributed by atoms with Gasteiger partial charge in [-0.2, -0.15) is 0 Å². The van der Waals surface area contributed by atoms with Crippen LogP contribution in [-0.4, -0.2) is 35.7 Å². The summed E-state index contributed by atoms with van der Waals surface area (Å²) in [6.45, 7) is 7.90. The van der Waals surface area contributed by atoms with Crippen LogP contribution in [0.4, 0.5) is 4.79 Å². The smallest absolute Gasteiger partial charge is 0.312 e. The minimum Gasteiger partial charge on any atom is -0.396 e. The van der Waals surface area contributed by atoms with Crippen LogP contribution in [0.25, 0.3) is 0 Å². The molecule has 0 saturated heterocycles. The molecule has 0 spiro atoms. The van der Waals surface area contributed by atoms with Crippen LogP contribution < -0.4 is 16.4 Å². The van der Waals surface area contributed by atoms with Gasteiger partial charge in [-0.3, -0.25) is 4.79 Å². The quantitative estimate of drug-likeness (QED) is 0.520. The lowest BCUT2D eigenvalue weighted by Crippen LogP contribution is -2.52. The zero-order chi connectivity index (χ0) is 15.0. The zero-order valence-corrected chi connectivity index (χ0v) is 12.3. The van der Waals surface area contributed by atoms with Crippen molar-refractivity contribution < 1.29 is 14.7 Å². The van der Waals surface area contributed by atoms with Crippen LogP contribution in [0.3, 0.4) is 0 Å². The summed E-state index contributed by atoms with van der Waals surface area (Å²) in [6.07, 6.45) is 1.02. The summed E-state index contributed by atoms with van der Waals surface area (Å²) in [5.74, 6) is 0.224. The van der Waals surface area contributed by atoms with E-state index < -0.39 is 12.1 Å². The first-order valence-electron chi connectivity index (χ1n) is 6.75. The Morgan fingerprint density at radius 1 is 1.16 bits per heavy atom. The molecule has 0 aliphatic heterocycles. The second-order valence-electron chi connectivity index (χ2n) is 5.56. The number of hydrogen-bond acceptors (Lipinski definition) is 3. The second kappa shape index (κ2) is 8.74. The van der Waals surface area contributed by atoms with Crippen LogP contribution in [0.5, 0.6) is 0 Å². The molecule has 5 N–H and O–H groups in total. The fourth-order valence-corrected chi connectivity index (χ4v) is 1.87. The van der Waals surface area contributed by atoms with Crippen molar-refractivity contribution in [1.82, 2.24) is 10.6 Å². The SMILES string of the molecule is CC(C)CC(NC(N)=O)C(=O)NC(CCO)C(C)C. The van der Waals surface area contributed by atoms with E-state index in [-0.39, 0.29) is 30.4 Å². The Kier molecular flexibility index (Phi) is 8.14. The van der Waals surface area contributed by atoms with E-state index in [9.17, 15) is 9.59 Å². The summed E-state index contributed by atoms with van der Waals surface area (Å²) in [7, 11) is 0. The molecule has 0 rings (SSSR count). The van der Waals surface area contributed by atoms with E-state index in [4.69, 9.17) is 10.8 Å². The molecule has 6 heteroatoms. The topological polar surface area (TPSA) is 104 Å². The molecule has 112 valence electrons. The van der Waals surface area contributed by atoms with Gasteiger partial charge in [0.1, 0.15) is 6.04 Å². The van der Waals surface area contributed by atoms with Crippen LogP contribution >= 0.6 is 0 Å². The van der Waals surface area contributed by atoms with E-state index in [1.165, 1.54) is 0 Å². The number of aliphatic hydroxyl groups excluding tert-OH is 1. The van der Waals surface area contributed by atoms with Crippen molar-refractivity contribution in [2.24, 2.45) is 17.6 Å². The Hall–Kier alpha value is -1.30. The molecule has 0 aromatic rings. The van der Waals surface area contributed by atoms with Gasteiger partial charge < -0.3 is 21.5 Å². The van der Waals surface area contributed by atoms with Gasteiger partial charge >= 0.3 is 6.03 Å². The molecule has 0 aromatic heterocycles. The molecule has 0 heterocycles. The van der Waals surface area contributed by atoms with Gasteiger partial charge in [-0.05, 0) is 24.7 Å². The predicted molar refractivity (Wildman–Crippen MR) is 74.4 cm³/mol. The average molecular weight is 273 g/mol. The van der Waals surface area contributed by atoms with Gasteiger partial charge in [0.2, 0.25) is 5.91 Å². The minimum absolute atomic E-state index is 0.0151. The molecule has 19 heavy (non-hydrogen) atoms. The highest BCUT2D eigenvalue weighted by Gasteiger charge is 2.24. The number of nitrogens with two attached hydrogens (primary N) is 1. The molecule has 6 nitrogen and oxygen atoms in total. The molecule has 2 unspecified atom stereocenters. The van der Waals surface area contributed by atoms with E-state index in [0.29, 0.717) is 12.8 Å². The number of amides is 3. The number of hydrogen-bond donors (Lipinski definition) is 4. The van der Waals surface area contributed by atoms with E-state index in [2.05, 4.69) is 10.6 Å². The van der Waals surface area contributed by atoms with E-state index in [1.807, 2.05) is 27.7 Å². The van der Waals surface area contributed by atoms with Crippen LogP contribution in [-0.2, 0) is 4.79 Å². The molecule has 0 radical (unpaired) electrons. The Labute approximate surface area is 115 Å².